The molecule has 0 amide bonds. The molecule has 0 saturated carbocycles. The molecule has 0 aliphatic carbocycles. The third kappa shape index (κ3) is 4.33. The molecular formula is C21H26ClN3O2. The monoisotopic (exact) mass is 387 g/mol. The van der Waals surface area contributed by atoms with Gasteiger partial charge in [-0.25, -0.2) is 4.98 Å². The summed E-state index contributed by atoms with van der Waals surface area (Å²) in [5, 5.41) is 12.5. The van der Waals surface area contributed by atoms with E-state index in [2.05, 4.69) is 58.3 Å². The van der Waals surface area contributed by atoms with Crippen LogP contribution in [0.2, 0.25) is 0 Å². The zero-order valence-corrected chi connectivity index (χ0v) is 16.2. The fraction of sp³-hybridized carbons (Fsp3) is 0.381. The molecular weight excluding hydrogens is 362 g/mol. The topological polar surface area (TPSA) is 48.8 Å². The van der Waals surface area contributed by atoms with Gasteiger partial charge in [-0.15, -0.1) is 12.4 Å². The molecule has 1 saturated heterocycles. The number of anilines is 1. The van der Waals surface area contributed by atoms with Gasteiger partial charge < -0.3 is 14.7 Å². The molecule has 1 N–H and O–H groups in total. The molecule has 144 valence electrons. The predicted molar refractivity (Wildman–Crippen MR) is 113 cm³/mol. The van der Waals surface area contributed by atoms with Crippen LogP contribution in [0, 0.1) is 0 Å². The van der Waals surface area contributed by atoms with E-state index in [1.807, 2.05) is 0 Å². The van der Waals surface area contributed by atoms with E-state index in [0.717, 1.165) is 44.1 Å². The van der Waals surface area contributed by atoms with Crippen molar-refractivity contribution in [3.05, 3.63) is 48.5 Å². The van der Waals surface area contributed by atoms with E-state index in [1.54, 1.807) is 0 Å². The van der Waals surface area contributed by atoms with Crippen molar-refractivity contribution in [3.8, 4) is 0 Å². The number of aliphatic hydroxyl groups excluding tert-OH is 1. The maximum absolute atomic E-state index is 8.77. The number of nitrogens with zero attached hydrogens (tertiary/aromatic N) is 3. The van der Waals surface area contributed by atoms with Crippen molar-refractivity contribution < 1.29 is 9.84 Å². The van der Waals surface area contributed by atoms with Gasteiger partial charge in [-0.05, 0) is 11.5 Å². The Bertz CT molecular complexity index is 882. The normalized spacial score (nSPS) is 15.2. The Morgan fingerprint density at radius 2 is 1.52 bits per heavy atom. The van der Waals surface area contributed by atoms with Crippen LogP contribution in [0.15, 0.2) is 48.5 Å². The molecule has 4 rings (SSSR count). The molecule has 0 spiro atoms. The molecule has 0 atom stereocenters. The van der Waals surface area contributed by atoms with Crippen LogP contribution < -0.4 is 4.90 Å². The van der Waals surface area contributed by atoms with Crippen molar-refractivity contribution >= 4 is 39.9 Å². The average molecular weight is 388 g/mol. The number of fused-ring (bicyclic) bond motifs is 3. The summed E-state index contributed by atoms with van der Waals surface area (Å²) in [7, 11) is 0. The van der Waals surface area contributed by atoms with Crippen molar-refractivity contribution in [1.82, 2.24) is 9.88 Å². The summed E-state index contributed by atoms with van der Waals surface area (Å²) in [6.45, 7) is 6.06. The van der Waals surface area contributed by atoms with Crippen LogP contribution in [0.4, 0.5) is 5.82 Å². The molecule has 1 fully saturated rings. The summed E-state index contributed by atoms with van der Waals surface area (Å²) in [5.74, 6) is 1.09. The molecule has 2 aromatic carbocycles. The number of hydrogen-bond acceptors (Lipinski definition) is 5. The lowest BCUT2D eigenvalue weighted by Gasteiger charge is -2.36. The van der Waals surface area contributed by atoms with Gasteiger partial charge in [-0.1, -0.05) is 42.5 Å². The van der Waals surface area contributed by atoms with Crippen molar-refractivity contribution in [3.63, 3.8) is 0 Å². The fourth-order valence-electron chi connectivity index (χ4n) is 3.67. The van der Waals surface area contributed by atoms with E-state index >= 15 is 0 Å². The van der Waals surface area contributed by atoms with Gasteiger partial charge in [0, 0.05) is 43.5 Å². The van der Waals surface area contributed by atoms with Gasteiger partial charge in [0.05, 0.1) is 25.3 Å². The van der Waals surface area contributed by atoms with E-state index in [4.69, 9.17) is 14.8 Å². The van der Waals surface area contributed by atoms with Gasteiger partial charge in [0.15, 0.2) is 0 Å². The quantitative estimate of drug-likeness (QED) is 0.520. The number of benzene rings is 2. The molecule has 1 aliphatic heterocycles. The SMILES string of the molecule is Cl.OCCOCCN1CCN(c2nc3ccccc3c3ccccc23)CC1. The molecule has 27 heavy (non-hydrogen) atoms. The lowest BCUT2D eigenvalue weighted by molar-refractivity contribution is 0.0724. The summed E-state index contributed by atoms with van der Waals surface area (Å²) in [5.41, 5.74) is 1.06. The molecule has 0 unspecified atom stereocenters. The Hall–Kier alpha value is -1.92. The minimum atomic E-state index is 0. The largest absolute Gasteiger partial charge is 0.394 e. The highest BCUT2D eigenvalue weighted by atomic mass is 35.5. The fourth-order valence-corrected chi connectivity index (χ4v) is 3.67. The van der Waals surface area contributed by atoms with Crippen LogP contribution in [-0.2, 0) is 4.74 Å². The zero-order chi connectivity index (χ0) is 17.8. The summed E-state index contributed by atoms with van der Waals surface area (Å²) < 4.78 is 5.39. The van der Waals surface area contributed by atoms with Crippen LogP contribution in [-0.4, -0.2) is 67.5 Å². The minimum Gasteiger partial charge on any atom is -0.394 e. The van der Waals surface area contributed by atoms with Crippen molar-refractivity contribution in [1.29, 1.82) is 0 Å². The number of para-hydroxylation sites is 1. The van der Waals surface area contributed by atoms with E-state index in [1.165, 1.54) is 16.2 Å². The van der Waals surface area contributed by atoms with Crippen LogP contribution in [0.3, 0.4) is 0 Å². The Kier molecular flexibility index (Phi) is 6.85. The smallest absolute Gasteiger partial charge is 0.137 e. The number of halogens is 1. The van der Waals surface area contributed by atoms with Crippen molar-refractivity contribution in [2.75, 3.05) is 57.4 Å². The van der Waals surface area contributed by atoms with E-state index in [-0.39, 0.29) is 19.0 Å². The summed E-state index contributed by atoms with van der Waals surface area (Å²) >= 11 is 0. The first kappa shape index (κ1) is 19.8. The third-order valence-corrected chi connectivity index (χ3v) is 5.05. The van der Waals surface area contributed by atoms with Gasteiger partial charge in [0.2, 0.25) is 0 Å². The van der Waals surface area contributed by atoms with Gasteiger partial charge in [0.25, 0.3) is 0 Å². The lowest BCUT2D eigenvalue weighted by Crippen LogP contribution is -2.47. The second kappa shape index (κ2) is 9.33. The molecule has 3 aromatic rings. The summed E-state index contributed by atoms with van der Waals surface area (Å²) in [6.07, 6.45) is 0. The first-order valence-corrected chi connectivity index (χ1v) is 9.30. The van der Waals surface area contributed by atoms with Crippen LogP contribution >= 0.6 is 12.4 Å². The molecule has 5 nitrogen and oxygen atoms in total. The summed E-state index contributed by atoms with van der Waals surface area (Å²) in [4.78, 5) is 9.81. The maximum Gasteiger partial charge on any atom is 0.137 e. The molecule has 2 heterocycles. The Morgan fingerprint density at radius 3 is 2.26 bits per heavy atom. The highest BCUT2D eigenvalue weighted by Gasteiger charge is 2.20. The standard InChI is InChI=1S/C21H25N3O2.ClH/c25-14-16-26-15-13-23-9-11-24(12-10-23)21-19-7-2-1-5-17(19)18-6-3-4-8-20(18)22-21;/h1-8,25H,9-16H2;1H. The number of pyridine rings is 1. The van der Waals surface area contributed by atoms with Crippen LogP contribution in [0.1, 0.15) is 0 Å². The second-order valence-corrected chi connectivity index (χ2v) is 6.66. The van der Waals surface area contributed by atoms with Crippen molar-refractivity contribution in [2.45, 2.75) is 0 Å². The molecule has 6 heteroatoms. The number of aromatic nitrogens is 1. The highest BCUT2D eigenvalue weighted by molar-refractivity contribution is 6.10. The predicted octanol–water partition coefficient (Wildman–Crippen LogP) is 2.94. The molecule has 0 bridgehead atoms. The maximum atomic E-state index is 8.77. The van der Waals surface area contributed by atoms with Gasteiger partial charge in [-0.3, -0.25) is 4.90 Å². The number of piperazine rings is 1. The van der Waals surface area contributed by atoms with Gasteiger partial charge >= 0.3 is 0 Å². The van der Waals surface area contributed by atoms with E-state index < -0.39 is 0 Å². The lowest BCUT2D eigenvalue weighted by atomic mass is 10.1. The number of ether oxygens (including phenoxy) is 1. The van der Waals surface area contributed by atoms with Gasteiger partial charge in [-0.2, -0.15) is 0 Å². The molecule has 1 aliphatic rings. The van der Waals surface area contributed by atoms with E-state index in [9.17, 15) is 0 Å². The molecule has 0 radical (unpaired) electrons. The third-order valence-electron chi connectivity index (χ3n) is 5.05. The average Bonchev–Trinajstić information content (AvgIpc) is 2.71. The summed E-state index contributed by atoms with van der Waals surface area (Å²) in [6, 6.07) is 16.9. The Morgan fingerprint density at radius 1 is 0.852 bits per heavy atom. The Balaban J connectivity index is 0.00000210. The first-order valence-electron chi connectivity index (χ1n) is 9.30. The molecule has 1 aromatic heterocycles. The number of hydrogen-bond donors (Lipinski definition) is 1. The second-order valence-electron chi connectivity index (χ2n) is 6.66. The Labute approximate surface area is 166 Å². The number of rotatable bonds is 6. The van der Waals surface area contributed by atoms with Crippen molar-refractivity contribution in [2.24, 2.45) is 0 Å². The van der Waals surface area contributed by atoms with Gasteiger partial charge in [0.1, 0.15) is 5.82 Å². The highest BCUT2D eigenvalue weighted by Crippen LogP contribution is 2.31. The first-order chi connectivity index (χ1) is 12.9. The van der Waals surface area contributed by atoms with E-state index in [0.29, 0.717) is 13.2 Å². The minimum absolute atomic E-state index is 0. The number of aliphatic hydroxyl groups is 1. The van der Waals surface area contributed by atoms with Crippen LogP contribution in [0.5, 0.6) is 0 Å². The zero-order valence-electron chi connectivity index (χ0n) is 15.4. The van der Waals surface area contributed by atoms with Crippen LogP contribution in [0.25, 0.3) is 21.7 Å².